The average Bonchev–Trinajstić information content (AvgIpc) is 2.45. The smallest absolute Gasteiger partial charge is 0.260 e. The number of hydrogen-bond acceptors (Lipinski definition) is 4. The number of carbonyl (C=O) groups is 1. The number of nitrogens with one attached hydrogen (secondary N) is 1. The van der Waals surface area contributed by atoms with Crippen molar-refractivity contribution in [2.24, 2.45) is 0 Å². The maximum absolute atomic E-state index is 12.1. The SMILES string of the molecule is COc1cccc(OCC(=O)N2CCNCC2C)c1. The van der Waals surface area contributed by atoms with Crippen LogP contribution in [0.5, 0.6) is 11.5 Å². The third-order valence-electron chi connectivity index (χ3n) is 3.23. The molecule has 0 radical (unpaired) electrons. The van der Waals surface area contributed by atoms with Crippen molar-refractivity contribution in [1.29, 1.82) is 0 Å². The lowest BCUT2D eigenvalue weighted by Crippen LogP contribution is -2.53. The van der Waals surface area contributed by atoms with E-state index in [4.69, 9.17) is 9.47 Å². The Morgan fingerprint density at radius 1 is 1.47 bits per heavy atom. The van der Waals surface area contributed by atoms with Gasteiger partial charge < -0.3 is 19.7 Å². The van der Waals surface area contributed by atoms with Crippen LogP contribution in [0.1, 0.15) is 6.92 Å². The van der Waals surface area contributed by atoms with Crippen molar-refractivity contribution in [2.45, 2.75) is 13.0 Å². The highest BCUT2D eigenvalue weighted by Gasteiger charge is 2.23. The minimum atomic E-state index is 0.0248. The normalized spacial score (nSPS) is 19.1. The summed E-state index contributed by atoms with van der Waals surface area (Å²) >= 11 is 0. The molecule has 5 nitrogen and oxygen atoms in total. The van der Waals surface area contributed by atoms with Gasteiger partial charge in [0, 0.05) is 31.7 Å². The second-order valence-electron chi connectivity index (χ2n) is 4.61. The maximum atomic E-state index is 12.1. The van der Waals surface area contributed by atoms with Gasteiger partial charge in [-0.1, -0.05) is 6.07 Å². The van der Waals surface area contributed by atoms with Crippen LogP contribution in [0.25, 0.3) is 0 Å². The van der Waals surface area contributed by atoms with Crippen molar-refractivity contribution >= 4 is 5.91 Å². The Bertz CT molecular complexity index is 436. The van der Waals surface area contributed by atoms with Crippen molar-refractivity contribution in [3.63, 3.8) is 0 Å². The summed E-state index contributed by atoms with van der Waals surface area (Å²) in [6.45, 7) is 4.52. The molecule has 1 amide bonds. The summed E-state index contributed by atoms with van der Waals surface area (Å²) in [6.07, 6.45) is 0. The van der Waals surface area contributed by atoms with Crippen molar-refractivity contribution in [3.8, 4) is 11.5 Å². The summed E-state index contributed by atoms with van der Waals surface area (Å²) in [5.74, 6) is 1.40. The fourth-order valence-corrected chi connectivity index (χ4v) is 2.13. The van der Waals surface area contributed by atoms with Crippen LogP contribution >= 0.6 is 0 Å². The number of piperazine rings is 1. The molecule has 0 saturated carbocycles. The van der Waals surface area contributed by atoms with Crippen LogP contribution in [0.4, 0.5) is 0 Å². The molecule has 1 unspecified atom stereocenters. The largest absolute Gasteiger partial charge is 0.497 e. The van der Waals surface area contributed by atoms with E-state index in [2.05, 4.69) is 5.32 Å². The first-order valence-corrected chi connectivity index (χ1v) is 6.47. The highest BCUT2D eigenvalue weighted by atomic mass is 16.5. The van der Waals surface area contributed by atoms with E-state index in [1.807, 2.05) is 30.0 Å². The number of amides is 1. The van der Waals surface area contributed by atoms with Gasteiger partial charge in [-0.05, 0) is 19.1 Å². The van der Waals surface area contributed by atoms with E-state index in [9.17, 15) is 4.79 Å². The zero-order chi connectivity index (χ0) is 13.7. The summed E-state index contributed by atoms with van der Waals surface area (Å²) in [5.41, 5.74) is 0. The second-order valence-corrected chi connectivity index (χ2v) is 4.61. The number of carbonyl (C=O) groups excluding carboxylic acids is 1. The van der Waals surface area contributed by atoms with E-state index in [1.54, 1.807) is 13.2 Å². The Hall–Kier alpha value is -1.75. The first-order chi connectivity index (χ1) is 9.20. The van der Waals surface area contributed by atoms with Gasteiger partial charge in [-0.15, -0.1) is 0 Å². The minimum absolute atomic E-state index is 0.0248. The zero-order valence-corrected chi connectivity index (χ0v) is 11.4. The molecule has 0 aromatic heterocycles. The number of rotatable bonds is 4. The predicted molar refractivity (Wildman–Crippen MR) is 72.5 cm³/mol. The Kier molecular flexibility index (Phi) is 4.63. The standard InChI is InChI=1S/C14H20N2O3/c1-11-9-15-6-7-16(11)14(17)10-19-13-5-3-4-12(8-13)18-2/h3-5,8,11,15H,6-7,9-10H2,1-2H3. The van der Waals surface area contributed by atoms with Gasteiger partial charge in [0.15, 0.2) is 6.61 Å². The summed E-state index contributed by atoms with van der Waals surface area (Å²) in [4.78, 5) is 13.9. The van der Waals surface area contributed by atoms with Crippen LogP contribution in [0.3, 0.4) is 0 Å². The number of benzene rings is 1. The van der Waals surface area contributed by atoms with Gasteiger partial charge in [0.2, 0.25) is 0 Å². The van der Waals surface area contributed by atoms with Crippen LogP contribution in [-0.2, 0) is 4.79 Å². The minimum Gasteiger partial charge on any atom is -0.497 e. The molecule has 104 valence electrons. The maximum Gasteiger partial charge on any atom is 0.260 e. The van der Waals surface area contributed by atoms with Crippen molar-refractivity contribution in [1.82, 2.24) is 10.2 Å². The van der Waals surface area contributed by atoms with E-state index in [-0.39, 0.29) is 18.6 Å². The Morgan fingerprint density at radius 3 is 3.00 bits per heavy atom. The van der Waals surface area contributed by atoms with E-state index in [0.717, 1.165) is 25.4 Å². The Labute approximate surface area is 113 Å². The lowest BCUT2D eigenvalue weighted by atomic mass is 10.2. The first kappa shape index (κ1) is 13.7. The average molecular weight is 264 g/mol. The van der Waals surface area contributed by atoms with E-state index < -0.39 is 0 Å². The summed E-state index contributed by atoms with van der Waals surface area (Å²) in [7, 11) is 1.60. The molecular formula is C14H20N2O3. The highest BCUT2D eigenvalue weighted by Crippen LogP contribution is 2.18. The Balaban J connectivity index is 1.88. The highest BCUT2D eigenvalue weighted by molar-refractivity contribution is 5.78. The third kappa shape index (κ3) is 3.61. The lowest BCUT2D eigenvalue weighted by molar-refractivity contribution is -0.136. The fraction of sp³-hybridized carbons (Fsp3) is 0.500. The van der Waals surface area contributed by atoms with Crippen molar-refractivity contribution in [3.05, 3.63) is 24.3 Å². The first-order valence-electron chi connectivity index (χ1n) is 6.47. The molecule has 1 aromatic carbocycles. The molecular weight excluding hydrogens is 244 g/mol. The molecule has 19 heavy (non-hydrogen) atoms. The second kappa shape index (κ2) is 6.43. The summed E-state index contributed by atoms with van der Waals surface area (Å²) in [5, 5.41) is 3.26. The van der Waals surface area contributed by atoms with E-state index >= 15 is 0 Å². The van der Waals surface area contributed by atoms with Gasteiger partial charge in [0.25, 0.3) is 5.91 Å². The molecule has 1 aromatic rings. The van der Waals surface area contributed by atoms with Crippen LogP contribution in [0.15, 0.2) is 24.3 Å². The number of hydrogen-bond donors (Lipinski definition) is 1. The molecule has 2 rings (SSSR count). The van der Waals surface area contributed by atoms with Crippen LogP contribution in [0.2, 0.25) is 0 Å². The van der Waals surface area contributed by atoms with Crippen molar-refractivity contribution in [2.75, 3.05) is 33.4 Å². The van der Waals surface area contributed by atoms with Gasteiger partial charge in [-0.25, -0.2) is 0 Å². The van der Waals surface area contributed by atoms with Crippen molar-refractivity contribution < 1.29 is 14.3 Å². The molecule has 1 saturated heterocycles. The van der Waals surface area contributed by atoms with E-state index in [1.165, 1.54) is 0 Å². The predicted octanol–water partition coefficient (Wildman–Crippen LogP) is 0.894. The third-order valence-corrected chi connectivity index (χ3v) is 3.23. The van der Waals surface area contributed by atoms with Gasteiger partial charge in [-0.3, -0.25) is 4.79 Å². The fourth-order valence-electron chi connectivity index (χ4n) is 2.13. The zero-order valence-electron chi connectivity index (χ0n) is 11.4. The summed E-state index contributed by atoms with van der Waals surface area (Å²) in [6, 6.07) is 7.49. The number of nitrogens with zero attached hydrogens (tertiary/aromatic N) is 1. The molecule has 1 fully saturated rings. The molecule has 0 spiro atoms. The van der Waals surface area contributed by atoms with Crippen LogP contribution in [0, 0.1) is 0 Å². The molecule has 0 aliphatic carbocycles. The number of methoxy groups -OCH3 is 1. The van der Waals surface area contributed by atoms with Gasteiger partial charge in [0.05, 0.1) is 7.11 Å². The number of ether oxygens (including phenoxy) is 2. The Morgan fingerprint density at radius 2 is 2.26 bits per heavy atom. The molecule has 0 bridgehead atoms. The topological polar surface area (TPSA) is 50.8 Å². The molecule has 5 heteroatoms. The monoisotopic (exact) mass is 264 g/mol. The van der Waals surface area contributed by atoms with Gasteiger partial charge >= 0.3 is 0 Å². The molecule has 1 N–H and O–H groups in total. The van der Waals surface area contributed by atoms with Crippen LogP contribution < -0.4 is 14.8 Å². The summed E-state index contributed by atoms with van der Waals surface area (Å²) < 4.78 is 10.6. The molecule has 1 aliphatic heterocycles. The van der Waals surface area contributed by atoms with Gasteiger partial charge in [0.1, 0.15) is 11.5 Å². The molecule has 1 atom stereocenters. The van der Waals surface area contributed by atoms with E-state index in [0.29, 0.717) is 5.75 Å². The van der Waals surface area contributed by atoms with Crippen LogP contribution in [-0.4, -0.2) is 50.2 Å². The molecule has 1 aliphatic rings. The quantitative estimate of drug-likeness (QED) is 0.877. The lowest BCUT2D eigenvalue weighted by Gasteiger charge is -2.33. The van der Waals surface area contributed by atoms with Gasteiger partial charge in [-0.2, -0.15) is 0 Å². The molecule has 1 heterocycles.